The lowest BCUT2D eigenvalue weighted by Crippen LogP contribution is -2.14. The van der Waals surface area contributed by atoms with E-state index in [-0.39, 0.29) is 12.4 Å². The van der Waals surface area contributed by atoms with Crippen molar-refractivity contribution in [2.24, 2.45) is 0 Å². The second kappa shape index (κ2) is 6.73. The van der Waals surface area contributed by atoms with Crippen LogP contribution in [-0.4, -0.2) is 31.2 Å². The maximum Gasteiger partial charge on any atom is 0.175 e. The van der Waals surface area contributed by atoms with Crippen LogP contribution >= 0.6 is 12.4 Å². The van der Waals surface area contributed by atoms with Gasteiger partial charge in [0, 0.05) is 11.8 Å². The van der Waals surface area contributed by atoms with Gasteiger partial charge in [0.15, 0.2) is 9.84 Å². The molecule has 0 bridgehead atoms. The molecule has 0 amide bonds. The Hall–Kier alpha value is -1.50. The van der Waals surface area contributed by atoms with Crippen LogP contribution in [-0.2, 0) is 9.84 Å². The molecule has 2 aromatic rings. The number of halogens is 1. The molecule has 1 aromatic carbocycles. The summed E-state index contributed by atoms with van der Waals surface area (Å²) in [5.74, 6) is 0. The lowest BCUT2D eigenvalue weighted by atomic mass is 10.1. The number of hydrogen-bond acceptors (Lipinski definition) is 5. The molecule has 118 valence electrons. The highest BCUT2D eigenvalue weighted by Gasteiger charge is 2.17. The molecule has 0 spiro atoms. The highest BCUT2D eigenvalue weighted by atomic mass is 35.5. The zero-order valence-corrected chi connectivity index (χ0v) is 13.8. The Morgan fingerprint density at radius 3 is 2.36 bits per heavy atom. The minimum Gasteiger partial charge on any atom is -0.309 e. The lowest BCUT2D eigenvalue weighted by Gasteiger charge is -2.09. The minimum absolute atomic E-state index is 0. The molecule has 22 heavy (non-hydrogen) atoms. The summed E-state index contributed by atoms with van der Waals surface area (Å²) in [5.41, 5.74) is 2.57. The van der Waals surface area contributed by atoms with Gasteiger partial charge in [0.2, 0.25) is 0 Å². The first-order valence-electron chi connectivity index (χ1n) is 6.90. The number of sulfone groups is 1. The van der Waals surface area contributed by atoms with Crippen LogP contribution in [0.2, 0.25) is 0 Å². The van der Waals surface area contributed by atoms with Gasteiger partial charge in [0.25, 0.3) is 0 Å². The Balaban J connectivity index is 0.00000176. The number of rotatable bonds is 3. The first-order chi connectivity index (χ1) is 10.0. The van der Waals surface area contributed by atoms with Gasteiger partial charge in [-0.2, -0.15) is 0 Å². The van der Waals surface area contributed by atoms with E-state index in [1.54, 1.807) is 36.7 Å². The second-order valence-corrected chi connectivity index (χ2v) is 7.29. The Labute approximate surface area is 136 Å². The zero-order valence-electron chi connectivity index (χ0n) is 12.2. The third-order valence-corrected chi connectivity index (χ3v) is 4.80. The number of nitrogens with one attached hydrogen (secondary N) is 1. The quantitative estimate of drug-likeness (QED) is 0.929. The van der Waals surface area contributed by atoms with Gasteiger partial charge in [-0.1, -0.05) is 12.1 Å². The maximum absolute atomic E-state index is 11.4. The summed E-state index contributed by atoms with van der Waals surface area (Å²) in [4.78, 5) is 9.21. The fourth-order valence-corrected chi connectivity index (χ4v) is 3.11. The van der Waals surface area contributed by atoms with E-state index < -0.39 is 9.84 Å². The molecule has 2 heterocycles. The SMILES string of the molecule is CS(=O)(=O)c1ccc(-c2cnc(C3CCCN3)cn2)cc1.Cl. The van der Waals surface area contributed by atoms with Crippen molar-refractivity contribution in [1.82, 2.24) is 15.3 Å². The van der Waals surface area contributed by atoms with Crippen molar-refractivity contribution < 1.29 is 8.42 Å². The Kier molecular flexibility index (Phi) is 5.16. The summed E-state index contributed by atoms with van der Waals surface area (Å²) in [5, 5.41) is 3.39. The van der Waals surface area contributed by atoms with Crippen molar-refractivity contribution in [3.8, 4) is 11.3 Å². The van der Waals surface area contributed by atoms with Gasteiger partial charge in [-0.05, 0) is 31.5 Å². The molecule has 7 heteroatoms. The third-order valence-electron chi connectivity index (χ3n) is 3.67. The Morgan fingerprint density at radius 1 is 1.14 bits per heavy atom. The molecule has 1 N–H and O–H groups in total. The first kappa shape index (κ1) is 16.9. The summed E-state index contributed by atoms with van der Waals surface area (Å²) in [6.07, 6.45) is 7.00. The number of nitrogens with zero attached hydrogens (tertiary/aromatic N) is 2. The summed E-state index contributed by atoms with van der Waals surface area (Å²) < 4.78 is 22.9. The van der Waals surface area contributed by atoms with Crippen molar-refractivity contribution in [3.63, 3.8) is 0 Å². The Morgan fingerprint density at radius 2 is 1.86 bits per heavy atom. The first-order valence-corrected chi connectivity index (χ1v) is 8.79. The van der Waals surface area contributed by atoms with E-state index in [2.05, 4.69) is 15.3 Å². The third kappa shape index (κ3) is 3.63. The van der Waals surface area contributed by atoms with Crippen molar-refractivity contribution >= 4 is 22.2 Å². The van der Waals surface area contributed by atoms with E-state index in [1.807, 2.05) is 0 Å². The van der Waals surface area contributed by atoms with Crippen molar-refractivity contribution in [1.29, 1.82) is 0 Å². The molecule has 1 aliphatic heterocycles. The molecule has 1 unspecified atom stereocenters. The standard InChI is InChI=1S/C15H17N3O2S.ClH/c1-21(19,20)12-6-4-11(5-7-12)14-9-18-15(10-17-14)13-3-2-8-16-13;/h4-7,9-10,13,16H,2-3,8H2,1H3;1H. The average Bonchev–Trinajstić information content (AvgIpc) is 3.01. The molecule has 5 nitrogen and oxygen atoms in total. The average molecular weight is 340 g/mol. The summed E-state index contributed by atoms with van der Waals surface area (Å²) >= 11 is 0. The summed E-state index contributed by atoms with van der Waals surface area (Å²) in [7, 11) is -3.16. The highest BCUT2D eigenvalue weighted by molar-refractivity contribution is 7.90. The van der Waals surface area contributed by atoms with E-state index >= 15 is 0 Å². The monoisotopic (exact) mass is 339 g/mol. The molecule has 1 atom stereocenters. The molecular weight excluding hydrogens is 322 g/mol. The van der Waals surface area contributed by atoms with Crippen LogP contribution in [0.15, 0.2) is 41.6 Å². The Bertz CT molecular complexity index is 724. The minimum atomic E-state index is -3.16. The van der Waals surface area contributed by atoms with Crippen LogP contribution < -0.4 is 5.32 Å². The largest absolute Gasteiger partial charge is 0.309 e. The molecule has 1 fully saturated rings. The van der Waals surface area contributed by atoms with E-state index in [9.17, 15) is 8.42 Å². The van der Waals surface area contributed by atoms with Gasteiger partial charge in [0.05, 0.1) is 34.7 Å². The molecule has 1 aromatic heterocycles. The van der Waals surface area contributed by atoms with Gasteiger partial charge < -0.3 is 5.32 Å². The van der Waals surface area contributed by atoms with Crippen LogP contribution in [0.25, 0.3) is 11.3 Å². The summed E-state index contributed by atoms with van der Waals surface area (Å²) in [6.45, 7) is 1.03. The molecule has 3 rings (SSSR count). The van der Waals surface area contributed by atoms with Crippen LogP contribution in [0.1, 0.15) is 24.6 Å². The number of hydrogen-bond donors (Lipinski definition) is 1. The molecule has 1 aliphatic rings. The highest BCUT2D eigenvalue weighted by Crippen LogP contribution is 2.23. The maximum atomic E-state index is 11.4. The smallest absolute Gasteiger partial charge is 0.175 e. The van der Waals surface area contributed by atoms with Gasteiger partial charge in [-0.15, -0.1) is 12.4 Å². The fraction of sp³-hybridized carbons (Fsp3) is 0.333. The van der Waals surface area contributed by atoms with E-state index in [1.165, 1.54) is 12.7 Å². The molecule has 1 saturated heterocycles. The predicted molar refractivity (Wildman–Crippen MR) is 87.8 cm³/mol. The molecule has 0 saturated carbocycles. The van der Waals surface area contributed by atoms with Gasteiger partial charge in [-0.3, -0.25) is 9.97 Å². The molecular formula is C15H18ClN3O2S. The van der Waals surface area contributed by atoms with Crippen molar-refractivity contribution in [2.75, 3.05) is 12.8 Å². The molecule has 0 radical (unpaired) electrons. The van der Waals surface area contributed by atoms with Gasteiger partial charge in [-0.25, -0.2) is 8.42 Å². The van der Waals surface area contributed by atoms with Crippen LogP contribution in [0, 0.1) is 0 Å². The molecule has 0 aliphatic carbocycles. The van der Waals surface area contributed by atoms with Gasteiger partial charge in [0.1, 0.15) is 0 Å². The topological polar surface area (TPSA) is 72.0 Å². The predicted octanol–water partition coefficient (Wildman–Crippen LogP) is 2.39. The number of aromatic nitrogens is 2. The lowest BCUT2D eigenvalue weighted by molar-refractivity contribution is 0.602. The van der Waals surface area contributed by atoms with Crippen molar-refractivity contribution in [2.45, 2.75) is 23.8 Å². The normalized spacial score (nSPS) is 18.0. The van der Waals surface area contributed by atoms with Crippen LogP contribution in [0.4, 0.5) is 0 Å². The number of benzene rings is 1. The second-order valence-electron chi connectivity index (χ2n) is 5.27. The van der Waals surface area contributed by atoms with E-state index in [4.69, 9.17) is 0 Å². The fourth-order valence-electron chi connectivity index (χ4n) is 2.48. The van der Waals surface area contributed by atoms with E-state index in [0.29, 0.717) is 10.9 Å². The van der Waals surface area contributed by atoms with Crippen LogP contribution in [0.5, 0.6) is 0 Å². The van der Waals surface area contributed by atoms with Crippen LogP contribution in [0.3, 0.4) is 0 Å². The summed E-state index contributed by atoms with van der Waals surface area (Å²) in [6, 6.07) is 7.01. The van der Waals surface area contributed by atoms with E-state index in [0.717, 1.165) is 29.9 Å². The van der Waals surface area contributed by atoms with Crippen molar-refractivity contribution in [3.05, 3.63) is 42.4 Å². The zero-order chi connectivity index (χ0) is 14.9. The van der Waals surface area contributed by atoms with Gasteiger partial charge >= 0.3 is 0 Å².